The molecule has 0 spiro atoms. The summed E-state index contributed by atoms with van der Waals surface area (Å²) in [4.78, 5) is 12.4. The number of thioether (sulfide) groups is 1. The smallest absolute Gasteiger partial charge is 0.263 e. The molecule has 1 amide bonds. The predicted octanol–water partition coefficient (Wildman–Crippen LogP) is 4.93. The molecule has 2 aromatic carbocycles. The Morgan fingerprint density at radius 1 is 1.21 bits per heavy atom. The minimum atomic E-state index is -0.220. The average molecular weight is 450 g/mol. The molecule has 1 aliphatic rings. The first-order valence-corrected chi connectivity index (χ1v) is 10.5. The van der Waals surface area contributed by atoms with Gasteiger partial charge in [0.1, 0.15) is 10.1 Å². The Morgan fingerprint density at radius 3 is 2.59 bits per heavy atom. The van der Waals surface area contributed by atoms with Crippen LogP contribution in [-0.2, 0) is 4.79 Å². The quantitative estimate of drug-likeness (QED) is 0.455. The lowest BCUT2D eigenvalue weighted by atomic mass is 10.1. The van der Waals surface area contributed by atoms with E-state index in [0.717, 1.165) is 11.3 Å². The van der Waals surface area contributed by atoms with E-state index in [9.17, 15) is 4.79 Å². The molecule has 1 saturated heterocycles. The third-order valence-electron chi connectivity index (χ3n) is 3.98. The van der Waals surface area contributed by atoms with Crippen molar-refractivity contribution in [1.29, 1.82) is 0 Å². The van der Waals surface area contributed by atoms with Gasteiger partial charge in [-0.3, -0.25) is 4.79 Å². The molecule has 0 aromatic heterocycles. The lowest BCUT2D eigenvalue weighted by Crippen LogP contribution is -2.17. The van der Waals surface area contributed by atoms with E-state index >= 15 is 0 Å². The highest BCUT2D eigenvalue weighted by Crippen LogP contribution is 2.38. The minimum absolute atomic E-state index is 0.136. The lowest BCUT2D eigenvalue weighted by Gasteiger charge is -2.17. The Hall–Kier alpha value is -2.22. The van der Waals surface area contributed by atoms with Gasteiger partial charge in [0.25, 0.3) is 5.91 Å². The summed E-state index contributed by atoms with van der Waals surface area (Å²) in [5, 5.41) is 2.99. The largest absolute Gasteiger partial charge is 0.493 e. The maximum absolute atomic E-state index is 11.8. The first kappa shape index (κ1) is 21.5. The van der Waals surface area contributed by atoms with Gasteiger partial charge in [0, 0.05) is 5.92 Å². The van der Waals surface area contributed by atoms with Crippen LogP contribution in [0, 0.1) is 5.92 Å². The molecule has 0 radical (unpaired) electrons. The Balaban J connectivity index is 1.65. The van der Waals surface area contributed by atoms with Gasteiger partial charge in [-0.05, 0) is 35.9 Å². The van der Waals surface area contributed by atoms with Crippen LogP contribution >= 0.6 is 35.6 Å². The van der Waals surface area contributed by atoms with Gasteiger partial charge in [0.15, 0.2) is 11.5 Å². The second-order valence-electron chi connectivity index (χ2n) is 6.43. The number of carbonyl (C=O) groups is 1. The topological polar surface area (TPSA) is 56.8 Å². The van der Waals surface area contributed by atoms with E-state index in [4.69, 9.17) is 38.0 Å². The number of rotatable bonds is 8. The van der Waals surface area contributed by atoms with Crippen molar-refractivity contribution >= 4 is 51.9 Å². The van der Waals surface area contributed by atoms with Crippen molar-refractivity contribution in [2.75, 3.05) is 20.3 Å². The fourth-order valence-electron chi connectivity index (χ4n) is 2.56. The van der Waals surface area contributed by atoms with Crippen LogP contribution in [0.4, 0.5) is 0 Å². The maximum Gasteiger partial charge on any atom is 0.263 e. The molecule has 8 heteroatoms. The van der Waals surface area contributed by atoms with Crippen LogP contribution < -0.4 is 19.5 Å². The maximum atomic E-state index is 11.8. The molecular weight excluding hydrogens is 430 g/mol. The summed E-state index contributed by atoms with van der Waals surface area (Å²) >= 11 is 12.6. The molecule has 3 rings (SSSR count). The molecule has 152 valence electrons. The number of amides is 1. The number of methoxy groups -OCH3 is 1. The zero-order chi connectivity index (χ0) is 20.8. The summed E-state index contributed by atoms with van der Waals surface area (Å²) in [6.07, 6.45) is 1.72. The van der Waals surface area contributed by atoms with Crippen LogP contribution in [0.5, 0.6) is 17.2 Å². The summed E-state index contributed by atoms with van der Waals surface area (Å²) < 4.78 is 17.5. The number of hydrogen-bond acceptors (Lipinski definition) is 6. The zero-order valence-electron chi connectivity index (χ0n) is 15.9. The highest BCUT2D eigenvalue weighted by atomic mass is 35.5. The standard InChI is InChI=1S/C21H20ClNO4S2/c1-13(11-26-15-6-4-3-5-7-15)12-27-19-16(22)8-14(9-17(19)25-2)10-18-20(24)23-21(28)29-18/h3-10,13H,11-12H2,1-2H3,(H,23,24,28)/b18-10+. The molecule has 1 unspecified atom stereocenters. The highest BCUT2D eigenvalue weighted by molar-refractivity contribution is 8.26. The molecule has 0 bridgehead atoms. The van der Waals surface area contributed by atoms with Crippen molar-refractivity contribution in [2.24, 2.45) is 5.92 Å². The molecule has 29 heavy (non-hydrogen) atoms. The van der Waals surface area contributed by atoms with E-state index in [-0.39, 0.29) is 11.8 Å². The van der Waals surface area contributed by atoms with Gasteiger partial charge in [0.2, 0.25) is 0 Å². The van der Waals surface area contributed by atoms with Crippen molar-refractivity contribution in [3.05, 3.63) is 58.0 Å². The number of ether oxygens (including phenoxy) is 3. The average Bonchev–Trinajstić information content (AvgIpc) is 3.02. The SMILES string of the molecule is COc1cc(/C=C2/SC(=S)NC2=O)cc(Cl)c1OCC(C)COc1ccccc1. The fourth-order valence-corrected chi connectivity index (χ4v) is 3.88. The Bertz CT molecular complexity index is 934. The van der Waals surface area contributed by atoms with E-state index in [1.165, 1.54) is 11.8 Å². The van der Waals surface area contributed by atoms with E-state index in [2.05, 4.69) is 5.32 Å². The molecule has 1 aliphatic heterocycles. The molecular formula is C21H20ClNO4S2. The number of nitrogens with one attached hydrogen (secondary N) is 1. The number of benzene rings is 2. The molecule has 0 aliphatic carbocycles. The third-order valence-corrected chi connectivity index (χ3v) is 5.42. The molecule has 0 saturated carbocycles. The molecule has 1 fully saturated rings. The molecule has 1 heterocycles. The number of halogens is 1. The van der Waals surface area contributed by atoms with Crippen molar-refractivity contribution < 1.29 is 19.0 Å². The van der Waals surface area contributed by atoms with Crippen molar-refractivity contribution in [3.8, 4) is 17.2 Å². The second-order valence-corrected chi connectivity index (χ2v) is 8.55. The van der Waals surface area contributed by atoms with Crippen molar-refractivity contribution in [1.82, 2.24) is 5.32 Å². The predicted molar refractivity (Wildman–Crippen MR) is 121 cm³/mol. The van der Waals surface area contributed by atoms with Crippen LogP contribution in [0.2, 0.25) is 5.02 Å². The molecule has 1 N–H and O–H groups in total. The van der Waals surface area contributed by atoms with E-state index in [0.29, 0.717) is 39.0 Å². The summed E-state index contributed by atoms with van der Waals surface area (Å²) in [5.74, 6) is 1.69. The lowest BCUT2D eigenvalue weighted by molar-refractivity contribution is -0.115. The summed E-state index contributed by atoms with van der Waals surface area (Å²) in [6.45, 7) is 2.96. The van der Waals surface area contributed by atoms with Crippen molar-refractivity contribution in [3.63, 3.8) is 0 Å². The van der Waals surface area contributed by atoms with Gasteiger partial charge in [-0.1, -0.05) is 60.7 Å². The Kier molecular flexibility index (Phi) is 7.41. The molecule has 5 nitrogen and oxygen atoms in total. The van der Waals surface area contributed by atoms with Crippen LogP contribution in [0.25, 0.3) is 6.08 Å². The number of para-hydroxylation sites is 1. The van der Waals surface area contributed by atoms with Gasteiger partial charge in [-0.15, -0.1) is 0 Å². The van der Waals surface area contributed by atoms with E-state index < -0.39 is 0 Å². The zero-order valence-corrected chi connectivity index (χ0v) is 18.3. The summed E-state index contributed by atoms with van der Waals surface area (Å²) in [6, 6.07) is 13.1. The molecule has 1 atom stereocenters. The van der Waals surface area contributed by atoms with Crippen LogP contribution in [0.3, 0.4) is 0 Å². The second kappa shape index (κ2) is 10.0. The molecule has 2 aromatic rings. The number of carbonyl (C=O) groups excluding carboxylic acids is 1. The highest BCUT2D eigenvalue weighted by Gasteiger charge is 2.22. The van der Waals surface area contributed by atoms with E-state index in [1.807, 2.05) is 37.3 Å². The first-order chi connectivity index (χ1) is 14.0. The van der Waals surface area contributed by atoms with Crippen LogP contribution in [0.1, 0.15) is 12.5 Å². The summed E-state index contributed by atoms with van der Waals surface area (Å²) in [5.41, 5.74) is 0.724. The van der Waals surface area contributed by atoms with Crippen molar-refractivity contribution in [2.45, 2.75) is 6.92 Å². The third kappa shape index (κ3) is 5.88. The summed E-state index contributed by atoms with van der Waals surface area (Å²) in [7, 11) is 1.55. The van der Waals surface area contributed by atoms with Crippen LogP contribution in [0.15, 0.2) is 47.4 Å². The van der Waals surface area contributed by atoms with Gasteiger partial charge < -0.3 is 19.5 Å². The first-order valence-electron chi connectivity index (χ1n) is 8.89. The van der Waals surface area contributed by atoms with Gasteiger partial charge in [-0.25, -0.2) is 0 Å². The number of hydrogen-bond donors (Lipinski definition) is 1. The fraction of sp³-hybridized carbons (Fsp3) is 0.238. The Labute approximate surface area is 184 Å². The Morgan fingerprint density at radius 2 is 1.93 bits per heavy atom. The van der Waals surface area contributed by atoms with Crippen LogP contribution in [-0.4, -0.2) is 30.6 Å². The normalized spacial score (nSPS) is 15.9. The minimum Gasteiger partial charge on any atom is -0.493 e. The van der Waals surface area contributed by atoms with Gasteiger partial charge in [-0.2, -0.15) is 0 Å². The van der Waals surface area contributed by atoms with E-state index in [1.54, 1.807) is 25.3 Å². The number of thiocarbonyl (C=S) groups is 1. The van der Waals surface area contributed by atoms with Gasteiger partial charge >= 0.3 is 0 Å². The van der Waals surface area contributed by atoms with Gasteiger partial charge in [0.05, 0.1) is 30.3 Å². The monoisotopic (exact) mass is 449 g/mol.